The van der Waals surface area contributed by atoms with E-state index in [4.69, 9.17) is 16.3 Å². The molecule has 1 heterocycles. The number of aliphatic hydroxyl groups excluding tert-OH is 1. The van der Waals surface area contributed by atoms with Crippen LogP contribution in [-0.2, 0) is 0 Å². The average molecular weight is 269 g/mol. The Bertz CT molecular complexity index is 522. The van der Waals surface area contributed by atoms with Gasteiger partial charge < -0.3 is 9.84 Å². The summed E-state index contributed by atoms with van der Waals surface area (Å²) in [5.41, 5.74) is 0.735. The van der Waals surface area contributed by atoms with E-state index < -0.39 is 6.10 Å². The normalized spacial score (nSPS) is 12.5. The van der Waals surface area contributed by atoms with Gasteiger partial charge >= 0.3 is 0 Å². The van der Waals surface area contributed by atoms with Crippen molar-refractivity contribution in [3.63, 3.8) is 0 Å². The molecule has 0 aliphatic carbocycles. The second-order valence-corrected chi connectivity index (χ2v) is 5.49. The fourth-order valence-electron chi connectivity index (χ4n) is 1.66. The van der Waals surface area contributed by atoms with E-state index in [-0.39, 0.29) is 0 Å². The minimum Gasteiger partial charge on any atom is -0.496 e. The maximum atomic E-state index is 10.3. The van der Waals surface area contributed by atoms with Crippen LogP contribution in [0.3, 0.4) is 0 Å². The topological polar surface area (TPSA) is 29.5 Å². The van der Waals surface area contributed by atoms with E-state index in [0.29, 0.717) is 10.8 Å². The highest BCUT2D eigenvalue weighted by molar-refractivity contribution is 7.12. The molecule has 1 atom stereocenters. The molecule has 1 aromatic carbocycles. The van der Waals surface area contributed by atoms with Gasteiger partial charge in [-0.2, -0.15) is 0 Å². The molecule has 17 heavy (non-hydrogen) atoms. The molecule has 4 heteroatoms. The van der Waals surface area contributed by atoms with Crippen LogP contribution in [0.15, 0.2) is 30.3 Å². The molecule has 1 N–H and O–H groups in total. The van der Waals surface area contributed by atoms with E-state index in [2.05, 4.69) is 0 Å². The van der Waals surface area contributed by atoms with Gasteiger partial charge in [-0.05, 0) is 31.2 Å². The van der Waals surface area contributed by atoms with Gasteiger partial charge in [0, 0.05) is 20.3 Å². The summed E-state index contributed by atoms with van der Waals surface area (Å²) in [5, 5.41) is 10.9. The summed E-state index contributed by atoms with van der Waals surface area (Å²) in [6.45, 7) is 2.01. The standard InChI is InChI=1S/C13H13ClO2S/c1-8-3-6-12(17-8)13(15)10-5-4-9(14)7-11(10)16-2/h3-7,13,15H,1-2H3. The number of rotatable bonds is 3. The van der Waals surface area contributed by atoms with Crippen molar-refractivity contribution in [3.05, 3.63) is 50.7 Å². The van der Waals surface area contributed by atoms with Crippen LogP contribution < -0.4 is 4.74 Å². The minimum absolute atomic E-state index is 0.597. The zero-order chi connectivity index (χ0) is 12.4. The van der Waals surface area contributed by atoms with Gasteiger partial charge in [0.25, 0.3) is 0 Å². The Morgan fingerprint density at radius 1 is 1.29 bits per heavy atom. The van der Waals surface area contributed by atoms with E-state index in [0.717, 1.165) is 10.4 Å². The Morgan fingerprint density at radius 2 is 2.06 bits per heavy atom. The number of aliphatic hydroxyl groups is 1. The quantitative estimate of drug-likeness (QED) is 0.917. The number of halogens is 1. The SMILES string of the molecule is COc1cc(Cl)ccc1C(O)c1ccc(C)s1. The number of aryl methyl sites for hydroxylation is 1. The van der Waals surface area contributed by atoms with Crippen LogP contribution in [0.5, 0.6) is 5.75 Å². The van der Waals surface area contributed by atoms with Crippen molar-refractivity contribution in [2.24, 2.45) is 0 Å². The van der Waals surface area contributed by atoms with Gasteiger partial charge in [0.05, 0.1) is 7.11 Å². The Balaban J connectivity index is 2.39. The van der Waals surface area contributed by atoms with Crippen molar-refractivity contribution >= 4 is 22.9 Å². The molecule has 2 aromatic rings. The molecule has 90 valence electrons. The molecule has 2 rings (SSSR count). The lowest BCUT2D eigenvalue weighted by Crippen LogP contribution is -2.00. The second kappa shape index (κ2) is 5.08. The zero-order valence-electron chi connectivity index (χ0n) is 9.61. The lowest BCUT2D eigenvalue weighted by Gasteiger charge is -2.13. The average Bonchev–Trinajstić information content (AvgIpc) is 2.75. The Labute approximate surface area is 109 Å². The first-order valence-electron chi connectivity index (χ1n) is 5.19. The first kappa shape index (κ1) is 12.4. The number of ether oxygens (including phenoxy) is 1. The third kappa shape index (κ3) is 2.63. The highest BCUT2D eigenvalue weighted by atomic mass is 35.5. The molecule has 0 radical (unpaired) electrons. The molecule has 0 bridgehead atoms. The molecule has 1 unspecified atom stereocenters. The largest absolute Gasteiger partial charge is 0.496 e. The van der Waals surface area contributed by atoms with Gasteiger partial charge in [-0.25, -0.2) is 0 Å². The molecule has 0 amide bonds. The first-order valence-corrected chi connectivity index (χ1v) is 6.39. The van der Waals surface area contributed by atoms with Crippen LogP contribution in [0.25, 0.3) is 0 Å². The maximum Gasteiger partial charge on any atom is 0.126 e. The van der Waals surface area contributed by atoms with Crippen LogP contribution in [0.2, 0.25) is 5.02 Å². The Kier molecular flexibility index (Phi) is 3.72. The number of benzene rings is 1. The number of hydrogen-bond acceptors (Lipinski definition) is 3. The summed E-state index contributed by atoms with van der Waals surface area (Å²) >= 11 is 7.47. The third-order valence-electron chi connectivity index (χ3n) is 2.52. The molecule has 2 nitrogen and oxygen atoms in total. The van der Waals surface area contributed by atoms with E-state index >= 15 is 0 Å². The van der Waals surface area contributed by atoms with E-state index in [1.165, 1.54) is 4.88 Å². The monoisotopic (exact) mass is 268 g/mol. The predicted molar refractivity (Wildman–Crippen MR) is 71.1 cm³/mol. The summed E-state index contributed by atoms with van der Waals surface area (Å²) in [4.78, 5) is 2.08. The molecular weight excluding hydrogens is 256 g/mol. The van der Waals surface area contributed by atoms with Crippen molar-refractivity contribution in [2.75, 3.05) is 7.11 Å². The summed E-state index contributed by atoms with van der Waals surface area (Å²) in [5.74, 6) is 0.607. The van der Waals surface area contributed by atoms with E-state index in [1.807, 2.05) is 19.1 Å². The summed E-state index contributed by atoms with van der Waals surface area (Å²) < 4.78 is 5.24. The van der Waals surface area contributed by atoms with Gasteiger partial charge in [-0.3, -0.25) is 0 Å². The number of thiophene rings is 1. The van der Waals surface area contributed by atoms with Gasteiger partial charge in [0.1, 0.15) is 11.9 Å². The lowest BCUT2D eigenvalue weighted by atomic mass is 10.1. The van der Waals surface area contributed by atoms with Crippen LogP contribution in [0.1, 0.15) is 21.4 Å². The Morgan fingerprint density at radius 3 is 2.65 bits per heavy atom. The highest BCUT2D eigenvalue weighted by Crippen LogP contribution is 2.34. The van der Waals surface area contributed by atoms with Crippen LogP contribution in [0, 0.1) is 6.92 Å². The highest BCUT2D eigenvalue weighted by Gasteiger charge is 2.17. The van der Waals surface area contributed by atoms with Gasteiger partial charge in [0.2, 0.25) is 0 Å². The van der Waals surface area contributed by atoms with Crippen LogP contribution in [-0.4, -0.2) is 12.2 Å². The lowest BCUT2D eigenvalue weighted by molar-refractivity contribution is 0.218. The van der Waals surface area contributed by atoms with Crippen molar-refractivity contribution in [3.8, 4) is 5.75 Å². The summed E-state index contributed by atoms with van der Waals surface area (Å²) in [7, 11) is 1.57. The molecule has 0 aliphatic heterocycles. The molecule has 0 aliphatic rings. The van der Waals surface area contributed by atoms with Crippen molar-refractivity contribution in [1.29, 1.82) is 0 Å². The minimum atomic E-state index is -0.666. The second-order valence-electron chi connectivity index (χ2n) is 3.74. The smallest absolute Gasteiger partial charge is 0.126 e. The van der Waals surface area contributed by atoms with Crippen molar-refractivity contribution in [2.45, 2.75) is 13.0 Å². The summed E-state index contributed by atoms with van der Waals surface area (Å²) in [6.07, 6.45) is -0.666. The van der Waals surface area contributed by atoms with Gasteiger partial charge in [0.15, 0.2) is 0 Å². The van der Waals surface area contributed by atoms with Gasteiger partial charge in [-0.1, -0.05) is 17.7 Å². The Hall–Kier alpha value is -1.03. The number of methoxy groups -OCH3 is 1. The molecule has 0 fully saturated rings. The fraction of sp³-hybridized carbons (Fsp3) is 0.231. The zero-order valence-corrected chi connectivity index (χ0v) is 11.2. The van der Waals surface area contributed by atoms with Crippen LogP contribution >= 0.6 is 22.9 Å². The molecule has 0 saturated heterocycles. The molecule has 0 spiro atoms. The summed E-state index contributed by atoms with van der Waals surface area (Å²) in [6, 6.07) is 9.18. The molecule has 0 saturated carbocycles. The third-order valence-corrected chi connectivity index (χ3v) is 3.81. The van der Waals surface area contributed by atoms with Crippen molar-refractivity contribution in [1.82, 2.24) is 0 Å². The van der Waals surface area contributed by atoms with Crippen LogP contribution in [0.4, 0.5) is 0 Å². The first-order chi connectivity index (χ1) is 8.11. The molecule has 1 aromatic heterocycles. The fourth-order valence-corrected chi connectivity index (χ4v) is 2.71. The molecular formula is C13H13ClO2S. The predicted octanol–water partition coefficient (Wildman–Crippen LogP) is 3.80. The number of hydrogen-bond donors (Lipinski definition) is 1. The van der Waals surface area contributed by atoms with Gasteiger partial charge in [-0.15, -0.1) is 11.3 Å². The van der Waals surface area contributed by atoms with Crippen molar-refractivity contribution < 1.29 is 9.84 Å². The van der Waals surface area contributed by atoms with E-state index in [9.17, 15) is 5.11 Å². The van der Waals surface area contributed by atoms with E-state index in [1.54, 1.807) is 36.6 Å². The maximum absolute atomic E-state index is 10.3.